The van der Waals surface area contributed by atoms with Gasteiger partial charge >= 0.3 is 5.97 Å². The molecule has 1 unspecified atom stereocenters. The number of carboxylic acid groups (broad SMARTS) is 1. The van der Waals surface area contributed by atoms with Gasteiger partial charge in [-0.15, -0.1) is 0 Å². The van der Waals surface area contributed by atoms with Gasteiger partial charge in [-0.05, 0) is 6.42 Å². The van der Waals surface area contributed by atoms with Crippen molar-refractivity contribution in [3.63, 3.8) is 0 Å². The lowest BCUT2D eigenvalue weighted by Crippen LogP contribution is -2.57. The molecule has 1 fully saturated rings. The van der Waals surface area contributed by atoms with Crippen molar-refractivity contribution in [3.05, 3.63) is 11.1 Å². The summed E-state index contributed by atoms with van der Waals surface area (Å²) in [5, 5.41) is 13.8. The van der Waals surface area contributed by atoms with E-state index in [-0.39, 0.29) is 4.99 Å². The van der Waals surface area contributed by atoms with Crippen LogP contribution in [0.1, 0.15) is 13.3 Å². The predicted octanol–water partition coefficient (Wildman–Crippen LogP) is 0.645. The molecule has 0 aromatic rings. The molecule has 0 aromatic carbocycles. The average molecular weight is 244 g/mol. The number of rotatable bonds is 3. The lowest BCUT2D eigenvalue weighted by molar-refractivity contribution is -0.133. The molecular formula is C10H16N2O3S. The van der Waals surface area contributed by atoms with Gasteiger partial charge in [0.2, 0.25) is 0 Å². The molecular weight excluding hydrogens is 228 g/mol. The highest BCUT2D eigenvalue weighted by atomic mass is 32.2. The van der Waals surface area contributed by atoms with Gasteiger partial charge in [0, 0.05) is 18.5 Å². The number of carboxylic acids is 1. The largest absolute Gasteiger partial charge is 0.477 e. The van der Waals surface area contributed by atoms with Gasteiger partial charge in [-0.1, -0.05) is 18.7 Å². The number of nitrogens with zero attached hydrogens (tertiary/aromatic N) is 1. The van der Waals surface area contributed by atoms with Crippen LogP contribution in [0.5, 0.6) is 0 Å². The van der Waals surface area contributed by atoms with Crippen LogP contribution in [0.15, 0.2) is 11.1 Å². The van der Waals surface area contributed by atoms with Crippen molar-refractivity contribution in [3.8, 4) is 0 Å². The number of hydrogen-bond donors (Lipinski definition) is 2. The Morgan fingerprint density at radius 1 is 1.69 bits per heavy atom. The number of aliphatic carboxylic acids is 1. The molecule has 1 atom stereocenters. The van der Waals surface area contributed by atoms with E-state index in [1.54, 1.807) is 17.2 Å². The van der Waals surface area contributed by atoms with Gasteiger partial charge in [0.25, 0.3) is 0 Å². The van der Waals surface area contributed by atoms with Crippen LogP contribution in [0, 0.1) is 0 Å². The fourth-order valence-electron chi connectivity index (χ4n) is 2.00. The van der Waals surface area contributed by atoms with E-state index in [1.807, 2.05) is 0 Å². The molecule has 2 aliphatic heterocycles. The first-order valence-electron chi connectivity index (χ1n) is 5.40. The van der Waals surface area contributed by atoms with Gasteiger partial charge < -0.3 is 15.2 Å². The van der Waals surface area contributed by atoms with Crippen molar-refractivity contribution in [2.45, 2.75) is 18.3 Å². The Balaban J connectivity index is 2.07. The first-order chi connectivity index (χ1) is 7.68. The van der Waals surface area contributed by atoms with Gasteiger partial charge in [-0.25, -0.2) is 4.79 Å². The maximum Gasteiger partial charge on any atom is 0.352 e. The van der Waals surface area contributed by atoms with Crippen LogP contribution in [0.4, 0.5) is 0 Å². The molecule has 0 aromatic heterocycles. The molecule has 0 aliphatic carbocycles. The van der Waals surface area contributed by atoms with Crippen molar-refractivity contribution in [2.24, 2.45) is 0 Å². The van der Waals surface area contributed by atoms with E-state index in [1.165, 1.54) is 0 Å². The number of thioether (sulfide) groups is 1. The quantitative estimate of drug-likeness (QED) is 0.760. The summed E-state index contributed by atoms with van der Waals surface area (Å²) >= 11 is 1.55. The Labute approximate surface area is 98.8 Å². The Hall–Kier alpha value is -0.720. The van der Waals surface area contributed by atoms with Crippen LogP contribution >= 0.6 is 11.8 Å². The summed E-state index contributed by atoms with van der Waals surface area (Å²) in [6.45, 7) is 5.18. The molecule has 2 aliphatic rings. The Morgan fingerprint density at radius 3 is 2.88 bits per heavy atom. The smallest absolute Gasteiger partial charge is 0.352 e. The van der Waals surface area contributed by atoms with E-state index in [0.717, 1.165) is 19.5 Å². The van der Waals surface area contributed by atoms with Crippen molar-refractivity contribution >= 4 is 17.7 Å². The maximum atomic E-state index is 10.9. The summed E-state index contributed by atoms with van der Waals surface area (Å²) in [5.74, 6) is -0.893. The minimum atomic E-state index is -0.893. The van der Waals surface area contributed by atoms with Gasteiger partial charge in [-0.3, -0.25) is 4.90 Å². The van der Waals surface area contributed by atoms with Crippen LogP contribution < -0.4 is 5.32 Å². The summed E-state index contributed by atoms with van der Waals surface area (Å²) in [5.41, 5.74) is 0.290. The van der Waals surface area contributed by atoms with Crippen LogP contribution in [0.3, 0.4) is 0 Å². The zero-order chi connectivity index (χ0) is 11.6. The first kappa shape index (κ1) is 11.8. The van der Waals surface area contributed by atoms with Crippen molar-refractivity contribution in [1.29, 1.82) is 0 Å². The second-order valence-electron chi connectivity index (χ2n) is 3.82. The molecule has 1 saturated heterocycles. The minimum absolute atomic E-state index is 0.290. The third-order valence-electron chi connectivity index (χ3n) is 2.93. The minimum Gasteiger partial charge on any atom is -0.477 e. The highest BCUT2D eigenvalue weighted by Crippen LogP contribution is 2.38. The second-order valence-corrected chi connectivity index (χ2v) is 4.96. The summed E-state index contributed by atoms with van der Waals surface area (Å²) in [7, 11) is 0. The highest BCUT2D eigenvalue weighted by Gasteiger charge is 2.41. The third kappa shape index (κ3) is 2.05. The molecule has 0 spiro atoms. The standard InChI is InChI=1S/C10H16N2O3S/c1-2-10(12-3-5-15-6-4-12)11-8(7-16-10)9(13)14/h7,11H,2-6H2,1H3,(H,13,14). The average Bonchev–Trinajstić information content (AvgIpc) is 2.76. The predicted molar refractivity (Wildman–Crippen MR) is 61.9 cm³/mol. The summed E-state index contributed by atoms with van der Waals surface area (Å²) in [4.78, 5) is 12.9. The van der Waals surface area contributed by atoms with Gasteiger partial charge in [0.1, 0.15) is 10.7 Å². The Morgan fingerprint density at radius 2 is 2.38 bits per heavy atom. The zero-order valence-electron chi connectivity index (χ0n) is 9.23. The monoisotopic (exact) mass is 244 g/mol. The van der Waals surface area contributed by atoms with Crippen LogP contribution in [-0.4, -0.2) is 47.3 Å². The highest BCUT2D eigenvalue weighted by molar-refractivity contribution is 8.03. The van der Waals surface area contributed by atoms with Gasteiger partial charge in [0.15, 0.2) is 0 Å². The molecule has 16 heavy (non-hydrogen) atoms. The Kier molecular flexibility index (Phi) is 3.41. The van der Waals surface area contributed by atoms with Crippen LogP contribution in [0.2, 0.25) is 0 Å². The number of nitrogens with one attached hydrogen (secondary N) is 1. The van der Waals surface area contributed by atoms with E-state index in [9.17, 15) is 4.79 Å². The number of ether oxygens (including phenoxy) is 1. The fourth-order valence-corrected chi connectivity index (χ4v) is 3.14. The molecule has 2 rings (SSSR count). The number of carbonyl (C=O) groups is 1. The van der Waals surface area contributed by atoms with Crippen molar-refractivity contribution in [2.75, 3.05) is 26.3 Å². The molecule has 5 nitrogen and oxygen atoms in total. The van der Waals surface area contributed by atoms with E-state index in [0.29, 0.717) is 18.9 Å². The molecule has 0 amide bonds. The molecule has 0 radical (unpaired) electrons. The summed E-state index contributed by atoms with van der Waals surface area (Å²) < 4.78 is 5.31. The SMILES string of the molecule is CCC1(N2CCOCC2)NC(C(=O)O)=CS1. The molecule has 0 saturated carbocycles. The zero-order valence-corrected chi connectivity index (χ0v) is 10.0. The normalized spacial score (nSPS) is 30.9. The topological polar surface area (TPSA) is 61.8 Å². The molecule has 6 heteroatoms. The summed E-state index contributed by atoms with van der Waals surface area (Å²) in [6.07, 6.45) is 0.852. The van der Waals surface area contributed by atoms with E-state index in [4.69, 9.17) is 9.84 Å². The fraction of sp³-hybridized carbons (Fsp3) is 0.700. The molecule has 0 bridgehead atoms. The van der Waals surface area contributed by atoms with E-state index in [2.05, 4.69) is 17.1 Å². The number of hydrogen-bond acceptors (Lipinski definition) is 5. The lowest BCUT2D eigenvalue weighted by atomic mass is 10.2. The van der Waals surface area contributed by atoms with Crippen LogP contribution in [0.25, 0.3) is 0 Å². The van der Waals surface area contributed by atoms with Gasteiger partial charge in [-0.2, -0.15) is 0 Å². The second kappa shape index (κ2) is 4.65. The third-order valence-corrected chi connectivity index (χ3v) is 4.33. The van der Waals surface area contributed by atoms with Crippen molar-refractivity contribution < 1.29 is 14.6 Å². The van der Waals surface area contributed by atoms with Crippen molar-refractivity contribution in [1.82, 2.24) is 10.2 Å². The molecule has 90 valence electrons. The first-order valence-corrected chi connectivity index (χ1v) is 6.28. The number of morpholine rings is 1. The van der Waals surface area contributed by atoms with Crippen LogP contribution in [-0.2, 0) is 9.53 Å². The Bertz CT molecular complexity index is 315. The lowest BCUT2D eigenvalue weighted by Gasteiger charge is -2.42. The van der Waals surface area contributed by atoms with E-state index < -0.39 is 5.97 Å². The summed E-state index contributed by atoms with van der Waals surface area (Å²) in [6, 6.07) is 0. The van der Waals surface area contributed by atoms with E-state index >= 15 is 0 Å². The molecule has 2 heterocycles. The maximum absolute atomic E-state index is 10.9. The van der Waals surface area contributed by atoms with Gasteiger partial charge in [0.05, 0.1) is 13.2 Å². The molecule has 2 N–H and O–H groups in total.